The summed E-state index contributed by atoms with van der Waals surface area (Å²) in [6.45, 7) is 3.67. The van der Waals surface area contributed by atoms with Crippen LogP contribution in [0.5, 0.6) is 0 Å². The standard InChI is InChI=1S/C16H19NO/c1-12(17)9-16(10-18-11-16)15-7-6-13-4-2-3-5-14(13)8-15/h2-8,12H,9-11,17H2,1H3. The van der Waals surface area contributed by atoms with E-state index in [1.165, 1.54) is 16.3 Å². The zero-order valence-electron chi connectivity index (χ0n) is 10.7. The summed E-state index contributed by atoms with van der Waals surface area (Å²) < 4.78 is 5.45. The van der Waals surface area contributed by atoms with Gasteiger partial charge in [-0.2, -0.15) is 0 Å². The van der Waals surface area contributed by atoms with Crippen LogP contribution in [0.1, 0.15) is 18.9 Å². The fraction of sp³-hybridized carbons (Fsp3) is 0.375. The molecule has 0 aliphatic carbocycles. The van der Waals surface area contributed by atoms with Crippen LogP contribution in [-0.2, 0) is 10.2 Å². The zero-order chi connectivity index (χ0) is 12.6. The highest BCUT2D eigenvalue weighted by atomic mass is 16.5. The molecule has 1 saturated heterocycles. The molecule has 1 unspecified atom stereocenters. The van der Waals surface area contributed by atoms with Crippen LogP contribution in [-0.4, -0.2) is 19.3 Å². The largest absolute Gasteiger partial charge is 0.379 e. The first-order valence-electron chi connectivity index (χ1n) is 6.52. The monoisotopic (exact) mass is 241 g/mol. The molecule has 2 aromatic rings. The topological polar surface area (TPSA) is 35.2 Å². The number of nitrogens with two attached hydrogens (primary N) is 1. The molecule has 2 N–H and O–H groups in total. The van der Waals surface area contributed by atoms with Crippen molar-refractivity contribution in [3.63, 3.8) is 0 Å². The third kappa shape index (κ3) is 1.92. The summed E-state index contributed by atoms with van der Waals surface area (Å²) in [6.07, 6.45) is 0.991. The number of hydrogen-bond acceptors (Lipinski definition) is 2. The van der Waals surface area contributed by atoms with E-state index in [4.69, 9.17) is 10.5 Å². The van der Waals surface area contributed by atoms with Crippen molar-refractivity contribution in [2.45, 2.75) is 24.8 Å². The molecule has 1 heterocycles. The number of rotatable bonds is 3. The second-order valence-electron chi connectivity index (χ2n) is 5.52. The summed E-state index contributed by atoms with van der Waals surface area (Å²) in [5.41, 5.74) is 7.49. The van der Waals surface area contributed by atoms with Crippen molar-refractivity contribution in [3.8, 4) is 0 Å². The molecule has 1 atom stereocenters. The van der Waals surface area contributed by atoms with Gasteiger partial charge in [-0.15, -0.1) is 0 Å². The van der Waals surface area contributed by atoms with E-state index < -0.39 is 0 Å². The van der Waals surface area contributed by atoms with Crippen molar-refractivity contribution < 1.29 is 4.74 Å². The Kier molecular flexibility index (Phi) is 2.84. The van der Waals surface area contributed by atoms with Gasteiger partial charge in [-0.05, 0) is 29.7 Å². The molecule has 18 heavy (non-hydrogen) atoms. The Hall–Kier alpha value is -1.38. The second kappa shape index (κ2) is 4.38. The smallest absolute Gasteiger partial charge is 0.0586 e. The quantitative estimate of drug-likeness (QED) is 0.896. The van der Waals surface area contributed by atoms with Gasteiger partial charge in [0.05, 0.1) is 13.2 Å². The Bertz CT molecular complexity index is 558. The summed E-state index contributed by atoms with van der Waals surface area (Å²) in [4.78, 5) is 0. The molecule has 0 amide bonds. The van der Waals surface area contributed by atoms with Gasteiger partial charge in [0.25, 0.3) is 0 Å². The lowest BCUT2D eigenvalue weighted by Gasteiger charge is -2.43. The van der Waals surface area contributed by atoms with E-state index in [2.05, 4.69) is 49.4 Å². The summed E-state index contributed by atoms with van der Waals surface area (Å²) in [6, 6.07) is 15.4. The molecule has 1 fully saturated rings. The van der Waals surface area contributed by atoms with Gasteiger partial charge >= 0.3 is 0 Å². The van der Waals surface area contributed by atoms with Crippen molar-refractivity contribution in [1.82, 2.24) is 0 Å². The van der Waals surface area contributed by atoms with Crippen molar-refractivity contribution in [3.05, 3.63) is 48.0 Å². The first-order valence-corrected chi connectivity index (χ1v) is 6.52. The molecule has 94 valence electrons. The van der Waals surface area contributed by atoms with Gasteiger partial charge < -0.3 is 10.5 Å². The van der Waals surface area contributed by atoms with Crippen LogP contribution in [0.2, 0.25) is 0 Å². The third-order valence-electron chi connectivity index (χ3n) is 3.83. The van der Waals surface area contributed by atoms with Crippen molar-refractivity contribution >= 4 is 10.8 Å². The summed E-state index contributed by atoms with van der Waals surface area (Å²) in [5, 5.41) is 2.59. The first kappa shape index (κ1) is 11.7. The lowest BCUT2D eigenvalue weighted by atomic mass is 9.73. The molecular weight excluding hydrogens is 222 g/mol. The van der Waals surface area contributed by atoms with Gasteiger partial charge in [-0.1, -0.05) is 42.5 Å². The minimum absolute atomic E-state index is 0.137. The average Bonchev–Trinajstić information content (AvgIpc) is 2.33. The number of hydrogen-bond donors (Lipinski definition) is 1. The van der Waals surface area contributed by atoms with Gasteiger partial charge in [-0.25, -0.2) is 0 Å². The molecule has 0 bridgehead atoms. The highest BCUT2D eigenvalue weighted by Gasteiger charge is 2.40. The lowest BCUT2D eigenvalue weighted by Crippen LogP contribution is -2.49. The molecule has 2 nitrogen and oxygen atoms in total. The molecule has 2 heteroatoms. The maximum absolute atomic E-state index is 5.98. The summed E-state index contributed by atoms with van der Waals surface area (Å²) in [5.74, 6) is 0. The van der Waals surface area contributed by atoms with E-state index in [0.29, 0.717) is 0 Å². The van der Waals surface area contributed by atoms with Gasteiger partial charge in [-0.3, -0.25) is 0 Å². The first-order chi connectivity index (χ1) is 8.70. The van der Waals surface area contributed by atoms with E-state index in [1.807, 2.05) is 0 Å². The van der Waals surface area contributed by atoms with Gasteiger partial charge in [0, 0.05) is 11.5 Å². The molecule has 1 aliphatic rings. The normalized spacial score (nSPS) is 19.4. The van der Waals surface area contributed by atoms with E-state index in [-0.39, 0.29) is 11.5 Å². The number of fused-ring (bicyclic) bond motifs is 1. The van der Waals surface area contributed by atoms with Crippen LogP contribution in [0.25, 0.3) is 10.8 Å². The Balaban J connectivity index is 2.02. The van der Waals surface area contributed by atoms with Crippen LogP contribution in [0.3, 0.4) is 0 Å². The van der Waals surface area contributed by atoms with Gasteiger partial charge in [0.1, 0.15) is 0 Å². The van der Waals surface area contributed by atoms with Crippen LogP contribution in [0.15, 0.2) is 42.5 Å². The second-order valence-corrected chi connectivity index (χ2v) is 5.52. The predicted octanol–water partition coefficient (Wildman–Crippen LogP) is 2.85. The Morgan fingerprint density at radius 2 is 1.89 bits per heavy atom. The number of ether oxygens (including phenoxy) is 1. The van der Waals surface area contributed by atoms with Crippen molar-refractivity contribution in [1.29, 1.82) is 0 Å². The van der Waals surface area contributed by atoms with Crippen LogP contribution in [0, 0.1) is 0 Å². The van der Waals surface area contributed by atoms with Crippen molar-refractivity contribution in [2.75, 3.05) is 13.2 Å². The minimum Gasteiger partial charge on any atom is -0.379 e. The predicted molar refractivity (Wildman–Crippen MR) is 74.7 cm³/mol. The molecule has 0 aromatic heterocycles. The van der Waals surface area contributed by atoms with Crippen LogP contribution in [0.4, 0.5) is 0 Å². The van der Waals surface area contributed by atoms with Crippen LogP contribution >= 0.6 is 0 Å². The number of benzene rings is 2. The van der Waals surface area contributed by atoms with E-state index in [0.717, 1.165) is 19.6 Å². The average molecular weight is 241 g/mol. The van der Waals surface area contributed by atoms with Crippen molar-refractivity contribution in [2.24, 2.45) is 5.73 Å². The molecule has 0 saturated carbocycles. The Labute approximate surface area is 108 Å². The van der Waals surface area contributed by atoms with E-state index in [1.54, 1.807) is 0 Å². The Morgan fingerprint density at radius 3 is 2.50 bits per heavy atom. The molecular formula is C16H19NO. The molecule has 2 aromatic carbocycles. The Morgan fingerprint density at radius 1 is 1.17 bits per heavy atom. The van der Waals surface area contributed by atoms with Crippen LogP contribution < -0.4 is 5.73 Å². The van der Waals surface area contributed by atoms with Gasteiger partial charge in [0.15, 0.2) is 0 Å². The maximum Gasteiger partial charge on any atom is 0.0586 e. The fourth-order valence-corrected chi connectivity index (χ4v) is 2.89. The molecule has 3 rings (SSSR count). The molecule has 0 radical (unpaired) electrons. The summed E-state index contributed by atoms with van der Waals surface area (Å²) in [7, 11) is 0. The SMILES string of the molecule is CC(N)CC1(c2ccc3ccccc3c2)COC1. The third-order valence-corrected chi connectivity index (χ3v) is 3.83. The minimum atomic E-state index is 0.137. The zero-order valence-corrected chi connectivity index (χ0v) is 10.7. The maximum atomic E-state index is 5.98. The highest BCUT2D eigenvalue weighted by Crippen LogP contribution is 2.37. The highest BCUT2D eigenvalue weighted by molar-refractivity contribution is 5.83. The fourth-order valence-electron chi connectivity index (χ4n) is 2.89. The van der Waals surface area contributed by atoms with E-state index in [9.17, 15) is 0 Å². The van der Waals surface area contributed by atoms with E-state index >= 15 is 0 Å². The lowest BCUT2D eigenvalue weighted by molar-refractivity contribution is -0.0664. The van der Waals surface area contributed by atoms with Gasteiger partial charge in [0.2, 0.25) is 0 Å². The molecule has 1 aliphatic heterocycles. The summed E-state index contributed by atoms with van der Waals surface area (Å²) >= 11 is 0. The molecule has 0 spiro atoms.